The number of amides is 1. The van der Waals surface area contributed by atoms with Crippen LogP contribution in [-0.2, 0) is 14.8 Å². The van der Waals surface area contributed by atoms with Gasteiger partial charge in [-0.15, -0.1) is 0 Å². The van der Waals surface area contributed by atoms with Crippen LogP contribution in [0, 0.1) is 5.92 Å². The van der Waals surface area contributed by atoms with Gasteiger partial charge >= 0.3 is 0 Å². The van der Waals surface area contributed by atoms with Gasteiger partial charge in [0, 0.05) is 19.1 Å². The fraction of sp³-hybridized carbons (Fsp3) is 0.480. The van der Waals surface area contributed by atoms with Gasteiger partial charge in [-0.2, -0.15) is 4.31 Å². The molecule has 0 bridgehead atoms. The van der Waals surface area contributed by atoms with Crippen molar-refractivity contribution in [3.05, 3.63) is 66.2 Å². The summed E-state index contributed by atoms with van der Waals surface area (Å²) in [4.78, 5) is 15.7. The van der Waals surface area contributed by atoms with Crippen LogP contribution in [0.3, 0.4) is 0 Å². The Labute approximate surface area is 191 Å². The third-order valence-corrected chi connectivity index (χ3v) is 8.75. The predicted molar refractivity (Wildman–Crippen MR) is 126 cm³/mol. The Morgan fingerprint density at radius 2 is 1.69 bits per heavy atom. The molecular weight excluding hydrogens is 422 g/mol. The summed E-state index contributed by atoms with van der Waals surface area (Å²) in [5.41, 5.74) is 0.968. The molecule has 0 radical (unpaired) electrons. The molecule has 0 aromatic heterocycles. The average Bonchev–Trinajstić information content (AvgIpc) is 3.31. The van der Waals surface area contributed by atoms with E-state index in [0.29, 0.717) is 25.4 Å². The molecule has 2 aliphatic heterocycles. The van der Waals surface area contributed by atoms with Crippen LogP contribution in [-0.4, -0.2) is 55.8 Å². The Bertz CT molecular complexity index is 998. The second kappa shape index (κ2) is 10.1. The first kappa shape index (κ1) is 23.0. The topological polar surface area (TPSA) is 69.7 Å². The van der Waals surface area contributed by atoms with Gasteiger partial charge in [-0.05, 0) is 56.5 Å². The highest BCUT2D eigenvalue weighted by molar-refractivity contribution is 7.89. The van der Waals surface area contributed by atoms with Crippen LogP contribution in [0.5, 0.6) is 0 Å². The number of hydrogen-bond donors (Lipinski definition) is 1. The third-order valence-electron chi connectivity index (χ3n) is 6.86. The van der Waals surface area contributed by atoms with E-state index in [9.17, 15) is 13.2 Å². The summed E-state index contributed by atoms with van der Waals surface area (Å²) in [7, 11) is -3.72. The molecule has 0 aliphatic carbocycles. The maximum Gasteiger partial charge on any atom is 0.243 e. The van der Waals surface area contributed by atoms with Gasteiger partial charge in [0.2, 0.25) is 15.9 Å². The molecule has 2 aliphatic rings. The zero-order valence-corrected chi connectivity index (χ0v) is 19.5. The molecule has 32 heavy (non-hydrogen) atoms. The summed E-state index contributed by atoms with van der Waals surface area (Å²) < 4.78 is 28.7. The highest BCUT2D eigenvalue weighted by Gasteiger charge is 2.40. The fourth-order valence-corrected chi connectivity index (χ4v) is 6.77. The SMILES string of the molecule is CCN1CCCC1CNC(=O)C1CCC(c2ccccc2)N(S(=O)(=O)c2ccccc2)C1. The van der Waals surface area contributed by atoms with Crippen LogP contribution in [0.25, 0.3) is 0 Å². The largest absolute Gasteiger partial charge is 0.354 e. The second-order valence-electron chi connectivity index (χ2n) is 8.76. The molecule has 3 atom stereocenters. The van der Waals surface area contributed by atoms with Crippen LogP contribution in [0.2, 0.25) is 0 Å². The van der Waals surface area contributed by atoms with Gasteiger partial charge < -0.3 is 5.32 Å². The second-order valence-corrected chi connectivity index (χ2v) is 10.6. The van der Waals surface area contributed by atoms with E-state index in [1.165, 1.54) is 6.42 Å². The minimum Gasteiger partial charge on any atom is -0.354 e. The molecule has 2 fully saturated rings. The van der Waals surface area contributed by atoms with Crippen LogP contribution >= 0.6 is 0 Å². The molecule has 172 valence electrons. The number of carbonyl (C=O) groups is 1. The van der Waals surface area contributed by atoms with Crippen molar-refractivity contribution in [2.75, 3.05) is 26.2 Å². The lowest BCUT2D eigenvalue weighted by Crippen LogP contribution is -2.48. The van der Waals surface area contributed by atoms with Crippen molar-refractivity contribution in [3.63, 3.8) is 0 Å². The number of hydrogen-bond acceptors (Lipinski definition) is 4. The lowest BCUT2D eigenvalue weighted by atomic mass is 9.90. The highest BCUT2D eigenvalue weighted by atomic mass is 32.2. The molecule has 2 heterocycles. The lowest BCUT2D eigenvalue weighted by Gasteiger charge is -2.38. The molecule has 3 unspecified atom stereocenters. The first-order valence-electron chi connectivity index (χ1n) is 11.6. The van der Waals surface area contributed by atoms with Crippen molar-refractivity contribution in [2.45, 2.75) is 49.6 Å². The van der Waals surface area contributed by atoms with Gasteiger partial charge in [0.05, 0.1) is 16.9 Å². The van der Waals surface area contributed by atoms with E-state index in [1.807, 2.05) is 36.4 Å². The molecule has 0 saturated carbocycles. The fourth-order valence-electron chi connectivity index (χ4n) is 5.06. The van der Waals surface area contributed by atoms with Crippen LogP contribution < -0.4 is 5.32 Å². The molecule has 2 saturated heterocycles. The van der Waals surface area contributed by atoms with Crippen molar-refractivity contribution in [2.24, 2.45) is 5.92 Å². The van der Waals surface area contributed by atoms with E-state index in [2.05, 4.69) is 17.1 Å². The number of benzene rings is 2. The Kier molecular flexibility index (Phi) is 7.28. The van der Waals surface area contributed by atoms with Gasteiger partial charge in [0.15, 0.2) is 0 Å². The first-order valence-corrected chi connectivity index (χ1v) is 13.1. The zero-order chi connectivity index (χ0) is 22.6. The van der Waals surface area contributed by atoms with Gasteiger partial charge in [0.25, 0.3) is 0 Å². The number of nitrogens with one attached hydrogen (secondary N) is 1. The predicted octanol–water partition coefficient (Wildman–Crippen LogP) is 3.43. The van der Waals surface area contributed by atoms with E-state index in [-0.39, 0.29) is 29.3 Å². The van der Waals surface area contributed by atoms with Crippen molar-refractivity contribution in [1.29, 1.82) is 0 Å². The van der Waals surface area contributed by atoms with E-state index < -0.39 is 10.0 Å². The standard InChI is InChI=1S/C25H33N3O3S/c1-2-27-17-9-12-22(27)18-26-25(29)21-15-16-24(20-10-5-3-6-11-20)28(19-21)32(30,31)23-13-7-4-8-14-23/h3-8,10-11,13-14,21-22,24H,2,9,12,15-19H2,1H3,(H,26,29). The summed E-state index contributed by atoms with van der Waals surface area (Å²) in [5, 5.41) is 3.12. The van der Waals surface area contributed by atoms with Crippen molar-refractivity contribution in [1.82, 2.24) is 14.5 Å². The first-order chi connectivity index (χ1) is 15.5. The number of likely N-dealkylation sites (tertiary alicyclic amines) is 1. The Morgan fingerprint density at radius 3 is 2.38 bits per heavy atom. The van der Waals surface area contributed by atoms with Gasteiger partial charge in [-0.1, -0.05) is 55.5 Å². The van der Waals surface area contributed by atoms with Crippen molar-refractivity contribution in [3.8, 4) is 0 Å². The normalized spacial score (nSPS) is 25.0. The van der Waals surface area contributed by atoms with Gasteiger partial charge in [-0.3, -0.25) is 9.69 Å². The molecule has 2 aromatic rings. The van der Waals surface area contributed by atoms with Crippen molar-refractivity contribution < 1.29 is 13.2 Å². The van der Waals surface area contributed by atoms with Gasteiger partial charge in [-0.25, -0.2) is 8.42 Å². The number of sulfonamides is 1. The molecule has 1 amide bonds. The molecule has 0 spiro atoms. The monoisotopic (exact) mass is 455 g/mol. The molecule has 2 aromatic carbocycles. The molecule has 4 rings (SSSR count). The van der Waals surface area contributed by atoms with Crippen molar-refractivity contribution >= 4 is 15.9 Å². The van der Waals surface area contributed by atoms with Crippen LogP contribution in [0.4, 0.5) is 0 Å². The summed E-state index contributed by atoms with van der Waals surface area (Å²) in [6.45, 7) is 5.06. The summed E-state index contributed by atoms with van der Waals surface area (Å²) in [6.07, 6.45) is 3.57. The van der Waals surface area contributed by atoms with Crippen LogP contribution in [0.1, 0.15) is 44.2 Å². The summed E-state index contributed by atoms with van der Waals surface area (Å²) >= 11 is 0. The third kappa shape index (κ3) is 4.90. The number of piperidine rings is 1. The number of carbonyl (C=O) groups excluding carboxylic acids is 1. The molecule has 6 nitrogen and oxygen atoms in total. The minimum absolute atomic E-state index is 0.0345. The average molecular weight is 456 g/mol. The minimum atomic E-state index is -3.72. The molecule has 1 N–H and O–H groups in total. The number of rotatable bonds is 7. The van der Waals surface area contributed by atoms with E-state index in [0.717, 1.165) is 25.1 Å². The number of nitrogens with zero attached hydrogens (tertiary/aromatic N) is 2. The van der Waals surface area contributed by atoms with E-state index in [4.69, 9.17) is 0 Å². The van der Waals surface area contributed by atoms with Gasteiger partial charge in [0.1, 0.15) is 0 Å². The smallest absolute Gasteiger partial charge is 0.243 e. The zero-order valence-electron chi connectivity index (χ0n) is 18.7. The Balaban J connectivity index is 1.52. The van der Waals surface area contributed by atoms with Crippen LogP contribution in [0.15, 0.2) is 65.6 Å². The highest BCUT2D eigenvalue weighted by Crippen LogP contribution is 2.37. The number of likely N-dealkylation sites (N-methyl/N-ethyl adjacent to an activating group) is 1. The molecule has 7 heteroatoms. The Morgan fingerprint density at radius 1 is 1.00 bits per heavy atom. The molecular formula is C25H33N3O3S. The quantitative estimate of drug-likeness (QED) is 0.695. The Hall–Kier alpha value is -2.22. The van der Waals surface area contributed by atoms with E-state index in [1.54, 1.807) is 28.6 Å². The summed E-state index contributed by atoms with van der Waals surface area (Å²) in [5.74, 6) is -0.377. The van der Waals surface area contributed by atoms with E-state index >= 15 is 0 Å². The summed E-state index contributed by atoms with van der Waals surface area (Å²) in [6, 6.07) is 18.4. The maximum atomic E-state index is 13.6. The maximum absolute atomic E-state index is 13.6. The lowest BCUT2D eigenvalue weighted by molar-refractivity contribution is -0.126.